The van der Waals surface area contributed by atoms with Gasteiger partial charge in [0, 0.05) is 13.1 Å². The number of hydrogen-bond acceptors (Lipinski definition) is 2. The van der Waals surface area contributed by atoms with Crippen molar-refractivity contribution in [3.05, 3.63) is 35.6 Å². The number of halogens is 1. The minimum absolute atomic E-state index is 0.0110. The number of hydrogen-bond donors (Lipinski definition) is 1. The predicted molar refractivity (Wildman–Crippen MR) is 57.3 cm³/mol. The molecule has 1 saturated heterocycles. The average molecular weight is 223 g/mol. The molecular formula is C12H14FNO2. The molecule has 1 fully saturated rings. The lowest BCUT2D eigenvalue weighted by Gasteiger charge is -2.15. The van der Waals surface area contributed by atoms with Crippen molar-refractivity contribution in [1.29, 1.82) is 0 Å². The fourth-order valence-electron chi connectivity index (χ4n) is 1.86. The van der Waals surface area contributed by atoms with Crippen molar-refractivity contribution in [2.24, 2.45) is 0 Å². The molecule has 1 N–H and O–H groups in total. The summed E-state index contributed by atoms with van der Waals surface area (Å²) in [4.78, 5) is 13.4. The first-order valence-electron chi connectivity index (χ1n) is 5.35. The molecule has 0 bridgehead atoms. The molecule has 1 aliphatic rings. The summed E-state index contributed by atoms with van der Waals surface area (Å²) < 4.78 is 12.6. The number of aliphatic hydroxyl groups excluding tert-OH is 1. The molecule has 2 rings (SSSR count). The molecule has 1 aliphatic heterocycles. The van der Waals surface area contributed by atoms with Crippen LogP contribution >= 0.6 is 0 Å². The molecule has 1 aromatic carbocycles. The molecule has 3 nitrogen and oxygen atoms in total. The second-order valence-electron chi connectivity index (χ2n) is 4.09. The van der Waals surface area contributed by atoms with Gasteiger partial charge < -0.3 is 10.0 Å². The summed E-state index contributed by atoms with van der Waals surface area (Å²) >= 11 is 0. The maximum absolute atomic E-state index is 12.6. The van der Waals surface area contributed by atoms with Gasteiger partial charge in [0.2, 0.25) is 5.91 Å². The number of carbonyl (C=O) groups is 1. The molecule has 4 heteroatoms. The molecule has 0 aliphatic carbocycles. The lowest BCUT2D eigenvalue weighted by atomic mass is 10.1. The first-order chi connectivity index (χ1) is 7.65. The Hall–Kier alpha value is -1.42. The molecule has 86 valence electrons. The summed E-state index contributed by atoms with van der Waals surface area (Å²) in [5, 5.41) is 9.31. The molecule has 0 radical (unpaired) electrons. The van der Waals surface area contributed by atoms with Gasteiger partial charge in [0.05, 0.1) is 12.5 Å². The molecular weight excluding hydrogens is 209 g/mol. The van der Waals surface area contributed by atoms with E-state index in [1.54, 1.807) is 17.0 Å². The number of carbonyl (C=O) groups excluding carboxylic acids is 1. The minimum Gasteiger partial charge on any atom is -0.391 e. The average Bonchev–Trinajstić information content (AvgIpc) is 2.68. The highest BCUT2D eigenvalue weighted by molar-refractivity contribution is 5.79. The predicted octanol–water partition coefficient (Wildman–Crippen LogP) is 0.961. The van der Waals surface area contributed by atoms with Gasteiger partial charge in [-0.15, -0.1) is 0 Å². The largest absolute Gasteiger partial charge is 0.391 e. The van der Waals surface area contributed by atoms with Crippen molar-refractivity contribution >= 4 is 5.91 Å². The molecule has 1 amide bonds. The standard InChI is InChI=1S/C12H14FNO2/c13-10-3-1-9(2-4-10)7-12(16)14-6-5-11(15)8-14/h1-4,11,15H,5-8H2/t11-/m0/s1. The molecule has 0 spiro atoms. The highest BCUT2D eigenvalue weighted by Gasteiger charge is 2.24. The maximum atomic E-state index is 12.6. The highest BCUT2D eigenvalue weighted by atomic mass is 19.1. The molecule has 0 aromatic heterocycles. The smallest absolute Gasteiger partial charge is 0.227 e. The quantitative estimate of drug-likeness (QED) is 0.811. The molecule has 1 heterocycles. The zero-order valence-corrected chi connectivity index (χ0v) is 8.90. The van der Waals surface area contributed by atoms with Crippen LogP contribution < -0.4 is 0 Å². The first kappa shape index (κ1) is 11.1. The number of β-amino-alcohol motifs (C(OH)–C–C–N with tert-alkyl or cyclic N) is 1. The summed E-state index contributed by atoms with van der Waals surface area (Å²) in [5.74, 6) is -0.309. The van der Waals surface area contributed by atoms with E-state index in [1.807, 2.05) is 0 Å². The van der Waals surface area contributed by atoms with E-state index in [9.17, 15) is 14.3 Å². The SMILES string of the molecule is O=C(Cc1ccc(F)cc1)N1CC[C@H](O)C1. The Morgan fingerprint density at radius 2 is 2.12 bits per heavy atom. The Morgan fingerprint density at radius 3 is 2.69 bits per heavy atom. The number of benzene rings is 1. The van der Waals surface area contributed by atoms with Crippen LogP contribution in [0.3, 0.4) is 0 Å². The van der Waals surface area contributed by atoms with E-state index >= 15 is 0 Å². The van der Waals surface area contributed by atoms with Crippen LogP contribution in [0.1, 0.15) is 12.0 Å². The summed E-state index contributed by atoms with van der Waals surface area (Å²) in [5.41, 5.74) is 0.799. The van der Waals surface area contributed by atoms with Gasteiger partial charge in [-0.05, 0) is 24.1 Å². The first-order valence-corrected chi connectivity index (χ1v) is 5.35. The van der Waals surface area contributed by atoms with E-state index in [0.29, 0.717) is 19.5 Å². The third kappa shape index (κ3) is 2.58. The number of likely N-dealkylation sites (tertiary alicyclic amines) is 1. The lowest BCUT2D eigenvalue weighted by Crippen LogP contribution is -2.30. The summed E-state index contributed by atoms with van der Waals surface area (Å²) in [6.07, 6.45) is 0.527. The van der Waals surface area contributed by atoms with Crippen LogP contribution in [-0.4, -0.2) is 35.1 Å². The minimum atomic E-state index is -0.392. The van der Waals surface area contributed by atoms with Crippen LogP contribution in [0.5, 0.6) is 0 Å². The number of nitrogens with zero attached hydrogens (tertiary/aromatic N) is 1. The zero-order valence-electron chi connectivity index (χ0n) is 8.90. The topological polar surface area (TPSA) is 40.5 Å². The van der Waals surface area contributed by atoms with Crippen molar-refractivity contribution in [2.75, 3.05) is 13.1 Å². The summed E-state index contributed by atoms with van der Waals surface area (Å²) in [6.45, 7) is 1.03. The Bertz CT molecular complexity index is 377. The lowest BCUT2D eigenvalue weighted by molar-refractivity contribution is -0.129. The number of aliphatic hydroxyl groups is 1. The van der Waals surface area contributed by atoms with Gasteiger partial charge in [-0.25, -0.2) is 4.39 Å². The molecule has 0 unspecified atom stereocenters. The van der Waals surface area contributed by atoms with E-state index in [0.717, 1.165) is 5.56 Å². The molecule has 0 saturated carbocycles. The maximum Gasteiger partial charge on any atom is 0.227 e. The van der Waals surface area contributed by atoms with Gasteiger partial charge >= 0.3 is 0 Å². The highest BCUT2D eigenvalue weighted by Crippen LogP contribution is 2.11. The second kappa shape index (κ2) is 4.61. The van der Waals surface area contributed by atoms with E-state index in [2.05, 4.69) is 0 Å². The van der Waals surface area contributed by atoms with E-state index < -0.39 is 6.10 Å². The van der Waals surface area contributed by atoms with Crippen LogP contribution in [0.15, 0.2) is 24.3 Å². The van der Waals surface area contributed by atoms with Crippen molar-refractivity contribution in [2.45, 2.75) is 18.9 Å². The Morgan fingerprint density at radius 1 is 1.44 bits per heavy atom. The van der Waals surface area contributed by atoms with Gasteiger partial charge in [0.25, 0.3) is 0 Å². The van der Waals surface area contributed by atoms with Crippen LogP contribution in [-0.2, 0) is 11.2 Å². The van der Waals surface area contributed by atoms with Crippen molar-refractivity contribution < 1.29 is 14.3 Å². The van der Waals surface area contributed by atoms with Gasteiger partial charge in [-0.1, -0.05) is 12.1 Å². The Labute approximate surface area is 93.5 Å². The molecule has 16 heavy (non-hydrogen) atoms. The van der Waals surface area contributed by atoms with Crippen molar-refractivity contribution in [1.82, 2.24) is 4.90 Å². The summed E-state index contributed by atoms with van der Waals surface area (Å²) in [6, 6.07) is 5.92. The van der Waals surface area contributed by atoms with Crippen molar-refractivity contribution in [3.63, 3.8) is 0 Å². The molecule has 1 aromatic rings. The normalized spacial score (nSPS) is 20.1. The second-order valence-corrected chi connectivity index (χ2v) is 4.09. The zero-order chi connectivity index (χ0) is 11.5. The fraction of sp³-hybridized carbons (Fsp3) is 0.417. The van der Waals surface area contributed by atoms with Gasteiger partial charge in [-0.3, -0.25) is 4.79 Å². The van der Waals surface area contributed by atoms with Crippen LogP contribution in [0, 0.1) is 5.82 Å². The van der Waals surface area contributed by atoms with Crippen molar-refractivity contribution in [3.8, 4) is 0 Å². The van der Waals surface area contributed by atoms with Gasteiger partial charge in [-0.2, -0.15) is 0 Å². The monoisotopic (exact) mass is 223 g/mol. The third-order valence-corrected chi connectivity index (χ3v) is 2.78. The van der Waals surface area contributed by atoms with E-state index in [1.165, 1.54) is 12.1 Å². The summed E-state index contributed by atoms with van der Waals surface area (Å²) in [7, 11) is 0. The van der Waals surface area contributed by atoms with Crippen LogP contribution in [0.25, 0.3) is 0 Å². The van der Waals surface area contributed by atoms with E-state index in [4.69, 9.17) is 0 Å². The van der Waals surface area contributed by atoms with Crippen LogP contribution in [0.2, 0.25) is 0 Å². The number of amides is 1. The number of rotatable bonds is 2. The fourth-order valence-corrected chi connectivity index (χ4v) is 1.86. The molecule has 1 atom stereocenters. The van der Waals surface area contributed by atoms with Gasteiger partial charge in [0.15, 0.2) is 0 Å². The van der Waals surface area contributed by atoms with Gasteiger partial charge in [0.1, 0.15) is 5.82 Å². The third-order valence-electron chi connectivity index (χ3n) is 2.78. The van der Waals surface area contributed by atoms with Crippen LogP contribution in [0.4, 0.5) is 4.39 Å². The Kier molecular flexibility index (Phi) is 3.19. The Balaban J connectivity index is 1.94. The van der Waals surface area contributed by atoms with E-state index in [-0.39, 0.29) is 18.1 Å².